The second kappa shape index (κ2) is 4.52. The van der Waals surface area contributed by atoms with Crippen LogP contribution in [0.3, 0.4) is 0 Å². The van der Waals surface area contributed by atoms with Crippen molar-refractivity contribution in [1.29, 1.82) is 0 Å². The van der Waals surface area contributed by atoms with Crippen molar-refractivity contribution in [2.24, 2.45) is 5.92 Å². The van der Waals surface area contributed by atoms with Crippen molar-refractivity contribution >= 4 is 5.91 Å². The molecule has 0 bridgehead atoms. The molecule has 0 radical (unpaired) electrons. The molecule has 1 atom stereocenters. The van der Waals surface area contributed by atoms with Crippen LogP contribution in [0.2, 0.25) is 0 Å². The highest BCUT2D eigenvalue weighted by atomic mass is 16.2. The molecule has 0 aromatic heterocycles. The Balaban J connectivity index is 2.59. The van der Waals surface area contributed by atoms with Crippen molar-refractivity contribution in [1.82, 2.24) is 10.2 Å². The lowest BCUT2D eigenvalue weighted by atomic mass is 9.97. The summed E-state index contributed by atoms with van der Waals surface area (Å²) >= 11 is 0. The van der Waals surface area contributed by atoms with Gasteiger partial charge in [-0.2, -0.15) is 0 Å². The highest BCUT2D eigenvalue weighted by Crippen LogP contribution is 2.16. The summed E-state index contributed by atoms with van der Waals surface area (Å²) in [5, 5.41) is 3.33. The summed E-state index contributed by atoms with van der Waals surface area (Å²) in [5.74, 6) is 0.896. The summed E-state index contributed by atoms with van der Waals surface area (Å²) < 4.78 is 0. The van der Waals surface area contributed by atoms with E-state index < -0.39 is 5.54 Å². The van der Waals surface area contributed by atoms with E-state index in [9.17, 15) is 4.79 Å². The van der Waals surface area contributed by atoms with Crippen molar-refractivity contribution in [2.45, 2.75) is 52.6 Å². The van der Waals surface area contributed by atoms with Crippen molar-refractivity contribution in [3.63, 3.8) is 0 Å². The first-order valence-corrected chi connectivity index (χ1v) is 5.90. The normalized spacial score (nSPS) is 26.1. The predicted molar refractivity (Wildman–Crippen MR) is 62.7 cm³/mol. The van der Waals surface area contributed by atoms with Gasteiger partial charge in [-0.05, 0) is 33.1 Å². The summed E-state index contributed by atoms with van der Waals surface area (Å²) in [6.45, 7) is 12.2. The number of nitrogens with one attached hydrogen (secondary N) is 1. The van der Waals surface area contributed by atoms with Crippen molar-refractivity contribution in [2.75, 3.05) is 13.1 Å². The van der Waals surface area contributed by atoms with E-state index in [4.69, 9.17) is 0 Å². The molecule has 3 nitrogen and oxygen atoms in total. The van der Waals surface area contributed by atoms with Crippen LogP contribution >= 0.6 is 0 Å². The van der Waals surface area contributed by atoms with Crippen LogP contribution in [-0.2, 0) is 4.79 Å². The summed E-state index contributed by atoms with van der Waals surface area (Å²) in [6.07, 6.45) is 1.09. The fraction of sp³-hybridized carbons (Fsp3) is 0.917. The van der Waals surface area contributed by atoms with Crippen LogP contribution in [0, 0.1) is 5.92 Å². The number of carbonyl (C=O) groups excluding carboxylic acids is 1. The predicted octanol–water partition coefficient (Wildman–Crippen LogP) is 1.63. The number of hydrogen-bond donors (Lipinski definition) is 1. The van der Waals surface area contributed by atoms with E-state index in [0.29, 0.717) is 12.0 Å². The van der Waals surface area contributed by atoms with E-state index in [1.165, 1.54) is 0 Å². The molecule has 1 amide bonds. The van der Waals surface area contributed by atoms with Crippen LogP contribution in [0.15, 0.2) is 0 Å². The van der Waals surface area contributed by atoms with Crippen LogP contribution in [0.25, 0.3) is 0 Å². The Hall–Kier alpha value is -0.570. The van der Waals surface area contributed by atoms with Crippen LogP contribution in [0.1, 0.15) is 41.0 Å². The Labute approximate surface area is 93.2 Å². The molecule has 0 aliphatic carbocycles. The molecule has 1 saturated heterocycles. The minimum absolute atomic E-state index is 0.237. The zero-order chi connectivity index (χ0) is 11.6. The number of piperazine rings is 1. The lowest BCUT2D eigenvalue weighted by Crippen LogP contribution is -2.64. The topological polar surface area (TPSA) is 32.3 Å². The molecule has 1 aliphatic rings. The van der Waals surface area contributed by atoms with Gasteiger partial charge in [0.15, 0.2) is 0 Å². The number of nitrogens with zero attached hydrogens (tertiary/aromatic N) is 1. The first-order valence-electron chi connectivity index (χ1n) is 5.90. The molecular weight excluding hydrogens is 188 g/mol. The van der Waals surface area contributed by atoms with Crippen molar-refractivity contribution in [3.05, 3.63) is 0 Å². The van der Waals surface area contributed by atoms with Gasteiger partial charge in [0.25, 0.3) is 0 Å². The minimum Gasteiger partial charge on any atom is -0.340 e. The Morgan fingerprint density at radius 2 is 2.13 bits per heavy atom. The summed E-state index contributed by atoms with van der Waals surface area (Å²) in [5.41, 5.74) is -0.394. The van der Waals surface area contributed by atoms with Gasteiger partial charge in [-0.15, -0.1) is 0 Å². The fourth-order valence-electron chi connectivity index (χ4n) is 2.14. The lowest BCUT2D eigenvalue weighted by molar-refractivity contribution is -0.141. The molecule has 1 rings (SSSR count). The second-order valence-corrected chi connectivity index (χ2v) is 5.60. The highest BCUT2D eigenvalue weighted by molar-refractivity contribution is 5.86. The molecule has 0 aromatic rings. The molecule has 1 N–H and O–H groups in total. The minimum atomic E-state index is -0.394. The molecule has 1 heterocycles. The van der Waals surface area contributed by atoms with Gasteiger partial charge < -0.3 is 4.90 Å². The van der Waals surface area contributed by atoms with Crippen LogP contribution in [0.4, 0.5) is 0 Å². The van der Waals surface area contributed by atoms with Gasteiger partial charge >= 0.3 is 0 Å². The zero-order valence-corrected chi connectivity index (χ0v) is 10.6. The second-order valence-electron chi connectivity index (χ2n) is 5.60. The van der Waals surface area contributed by atoms with E-state index in [2.05, 4.69) is 26.1 Å². The van der Waals surface area contributed by atoms with Gasteiger partial charge in [-0.25, -0.2) is 0 Å². The highest BCUT2D eigenvalue weighted by Gasteiger charge is 2.37. The van der Waals surface area contributed by atoms with Crippen LogP contribution < -0.4 is 5.32 Å². The number of hydrogen-bond acceptors (Lipinski definition) is 2. The molecule has 0 spiro atoms. The standard InChI is InChI=1S/C12H24N2O/c1-9(2)6-7-14-8-10(3)13-12(4,5)11(14)15/h9-10,13H,6-8H2,1-5H3. The molecule has 0 aromatic carbocycles. The summed E-state index contributed by atoms with van der Waals surface area (Å²) in [6, 6.07) is 0.393. The maximum Gasteiger partial charge on any atom is 0.242 e. The largest absolute Gasteiger partial charge is 0.340 e. The third kappa shape index (κ3) is 3.20. The molecule has 88 valence electrons. The first kappa shape index (κ1) is 12.5. The molecule has 15 heavy (non-hydrogen) atoms. The number of carbonyl (C=O) groups is 1. The van der Waals surface area contributed by atoms with Gasteiger partial charge in [0.1, 0.15) is 0 Å². The van der Waals surface area contributed by atoms with Gasteiger partial charge in [-0.1, -0.05) is 13.8 Å². The fourth-order valence-corrected chi connectivity index (χ4v) is 2.14. The summed E-state index contributed by atoms with van der Waals surface area (Å²) in [4.78, 5) is 14.1. The van der Waals surface area contributed by atoms with Crippen LogP contribution in [-0.4, -0.2) is 35.5 Å². The van der Waals surface area contributed by atoms with Gasteiger partial charge in [0.05, 0.1) is 5.54 Å². The lowest BCUT2D eigenvalue weighted by Gasteiger charge is -2.42. The van der Waals surface area contributed by atoms with Gasteiger partial charge in [-0.3, -0.25) is 10.1 Å². The Bertz CT molecular complexity index is 236. The first-order chi connectivity index (χ1) is 6.83. The molecule has 1 fully saturated rings. The average molecular weight is 212 g/mol. The van der Waals surface area contributed by atoms with E-state index >= 15 is 0 Å². The molecule has 3 heteroatoms. The monoisotopic (exact) mass is 212 g/mol. The Kier molecular flexibility index (Phi) is 3.77. The third-order valence-electron chi connectivity index (χ3n) is 2.90. The van der Waals surface area contributed by atoms with Gasteiger partial charge in [0, 0.05) is 19.1 Å². The molecular formula is C12H24N2O. The third-order valence-corrected chi connectivity index (χ3v) is 2.90. The Morgan fingerprint density at radius 3 is 2.67 bits per heavy atom. The van der Waals surface area contributed by atoms with Gasteiger partial charge in [0.2, 0.25) is 5.91 Å². The maximum atomic E-state index is 12.1. The van der Waals surface area contributed by atoms with Crippen LogP contribution in [0.5, 0.6) is 0 Å². The van der Waals surface area contributed by atoms with E-state index in [1.807, 2.05) is 18.7 Å². The van der Waals surface area contributed by atoms with E-state index in [0.717, 1.165) is 19.5 Å². The van der Waals surface area contributed by atoms with E-state index in [-0.39, 0.29) is 5.91 Å². The molecule has 1 aliphatic heterocycles. The number of rotatable bonds is 3. The number of amides is 1. The SMILES string of the molecule is CC(C)CCN1CC(C)NC(C)(C)C1=O. The molecule has 1 unspecified atom stereocenters. The van der Waals surface area contributed by atoms with Crippen molar-refractivity contribution in [3.8, 4) is 0 Å². The quantitative estimate of drug-likeness (QED) is 0.771. The zero-order valence-electron chi connectivity index (χ0n) is 10.6. The molecule has 0 saturated carbocycles. The smallest absolute Gasteiger partial charge is 0.242 e. The Morgan fingerprint density at radius 1 is 1.53 bits per heavy atom. The average Bonchev–Trinajstić information content (AvgIpc) is 2.08. The van der Waals surface area contributed by atoms with E-state index in [1.54, 1.807) is 0 Å². The maximum absolute atomic E-state index is 12.1. The summed E-state index contributed by atoms with van der Waals surface area (Å²) in [7, 11) is 0. The van der Waals surface area contributed by atoms with Crippen molar-refractivity contribution < 1.29 is 4.79 Å².